The predicted molar refractivity (Wildman–Crippen MR) is 224 cm³/mol. The highest BCUT2D eigenvalue weighted by molar-refractivity contribution is 6.06. The maximum atomic E-state index is 6.54. The van der Waals surface area contributed by atoms with Gasteiger partial charge in [-0.1, -0.05) is 141 Å². The summed E-state index contributed by atoms with van der Waals surface area (Å²) in [6, 6.07) is 67.9. The number of benzene rings is 8. The number of nitrogens with zero attached hydrogens (tertiary/aromatic N) is 1. The molecule has 0 bridgehead atoms. The average Bonchev–Trinajstić information content (AvgIpc) is 3.75. The lowest BCUT2D eigenvalue weighted by Gasteiger charge is -2.36. The van der Waals surface area contributed by atoms with Gasteiger partial charge in [0.1, 0.15) is 22.7 Å². The molecule has 55 heavy (non-hydrogen) atoms. The van der Waals surface area contributed by atoms with Gasteiger partial charge in [0.15, 0.2) is 0 Å². The molecule has 0 fully saturated rings. The van der Waals surface area contributed by atoms with Gasteiger partial charge in [-0.05, 0) is 94.0 Å². The molecule has 0 spiro atoms. The highest BCUT2D eigenvalue weighted by Gasteiger charge is 2.46. The number of ether oxygens (including phenoxy) is 1. The Morgan fingerprint density at radius 2 is 0.982 bits per heavy atom. The Hall–Kier alpha value is -6.84. The zero-order valence-electron chi connectivity index (χ0n) is 30.7. The highest BCUT2D eigenvalue weighted by atomic mass is 16.5. The van der Waals surface area contributed by atoms with Gasteiger partial charge < -0.3 is 14.1 Å². The van der Waals surface area contributed by atoms with Gasteiger partial charge in [-0.15, -0.1) is 0 Å². The van der Waals surface area contributed by atoms with Crippen LogP contribution in [0.2, 0.25) is 0 Å². The quantitative estimate of drug-likeness (QED) is 0.178. The molecule has 3 heteroatoms. The SMILES string of the molecule is CC1(C)c2ccccc2Oc2ccc(N(c3cccc(C4(c5ccccc5)c5ccccc5-c5ccccc54)c3)c3ccc4oc5ccccc5c4c3)cc21. The summed E-state index contributed by atoms with van der Waals surface area (Å²) in [7, 11) is 0. The molecular weight excluding hydrogens is 671 g/mol. The summed E-state index contributed by atoms with van der Waals surface area (Å²) >= 11 is 0. The molecule has 0 unspecified atom stereocenters. The second-order valence-corrected chi connectivity index (χ2v) is 15.3. The monoisotopic (exact) mass is 707 g/mol. The minimum atomic E-state index is -0.518. The standard InChI is InChI=1S/C52H37NO2/c1-51(2)45-24-11-13-26-49(45)55-50-30-28-38(33-46(50)51)53(37-27-29-48-42(32-37)41-21-8-12-25-47(41)54-48)36-18-14-17-35(31-36)52(34-15-4-3-5-16-34)43-22-9-6-19-39(43)40-20-7-10-23-44(40)52/h3-33H,1-2H3. The van der Waals surface area contributed by atoms with Gasteiger partial charge in [0.05, 0.1) is 5.41 Å². The van der Waals surface area contributed by atoms with E-state index in [2.05, 4.69) is 189 Å². The lowest BCUT2D eigenvalue weighted by Crippen LogP contribution is -2.29. The summed E-state index contributed by atoms with van der Waals surface area (Å²) in [4.78, 5) is 2.40. The van der Waals surface area contributed by atoms with Crippen molar-refractivity contribution in [2.45, 2.75) is 24.7 Å². The Morgan fingerprint density at radius 3 is 1.78 bits per heavy atom. The molecule has 2 aliphatic rings. The van der Waals surface area contributed by atoms with E-state index in [1.807, 2.05) is 18.2 Å². The second-order valence-electron chi connectivity index (χ2n) is 15.3. The Bertz CT molecular complexity index is 2910. The van der Waals surface area contributed by atoms with Crippen molar-refractivity contribution in [1.82, 2.24) is 0 Å². The van der Waals surface area contributed by atoms with Gasteiger partial charge in [-0.2, -0.15) is 0 Å². The summed E-state index contributed by atoms with van der Waals surface area (Å²) < 4.78 is 12.9. The molecule has 8 aromatic carbocycles. The van der Waals surface area contributed by atoms with Crippen LogP contribution in [0.25, 0.3) is 33.1 Å². The molecule has 3 nitrogen and oxygen atoms in total. The average molecular weight is 708 g/mol. The fourth-order valence-corrected chi connectivity index (χ4v) is 9.46. The highest BCUT2D eigenvalue weighted by Crippen LogP contribution is 2.57. The predicted octanol–water partition coefficient (Wildman–Crippen LogP) is 13.9. The van der Waals surface area contributed by atoms with Crippen molar-refractivity contribution in [3.63, 3.8) is 0 Å². The van der Waals surface area contributed by atoms with Crippen LogP contribution < -0.4 is 9.64 Å². The van der Waals surface area contributed by atoms with Crippen molar-refractivity contribution >= 4 is 39.0 Å². The first kappa shape index (κ1) is 31.7. The van der Waals surface area contributed by atoms with Crippen LogP contribution in [0.5, 0.6) is 11.5 Å². The van der Waals surface area contributed by atoms with Gasteiger partial charge in [0.2, 0.25) is 0 Å². The normalized spacial score (nSPS) is 14.4. The van der Waals surface area contributed by atoms with E-state index in [-0.39, 0.29) is 5.41 Å². The number of furan rings is 1. The van der Waals surface area contributed by atoms with E-state index in [0.717, 1.165) is 56.1 Å². The number of anilines is 3. The van der Waals surface area contributed by atoms with Crippen molar-refractivity contribution in [1.29, 1.82) is 0 Å². The van der Waals surface area contributed by atoms with Gasteiger partial charge in [0, 0.05) is 44.4 Å². The van der Waals surface area contributed by atoms with Gasteiger partial charge in [-0.25, -0.2) is 0 Å². The fourth-order valence-electron chi connectivity index (χ4n) is 9.46. The molecule has 2 heterocycles. The van der Waals surface area contributed by atoms with Crippen molar-refractivity contribution in [2.75, 3.05) is 4.90 Å². The largest absolute Gasteiger partial charge is 0.457 e. The minimum Gasteiger partial charge on any atom is -0.457 e. The van der Waals surface area contributed by atoms with Crippen LogP contribution in [-0.2, 0) is 10.8 Å². The zero-order chi connectivity index (χ0) is 36.7. The molecule has 1 aliphatic carbocycles. The van der Waals surface area contributed by atoms with Crippen LogP contribution in [0.4, 0.5) is 17.1 Å². The smallest absolute Gasteiger partial charge is 0.135 e. The topological polar surface area (TPSA) is 25.6 Å². The summed E-state index contributed by atoms with van der Waals surface area (Å²) in [5.74, 6) is 1.80. The van der Waals surface area contributed by atoms with Crippen molar-refractivity contribution in [2.24, 2.45) is 0 Å². The third-order valence-corrected chi connectivity index (χ3v) is 12.0. The number of rotatable bonds is 5. The Balaban J connectivity index is 1.17. The van der Waals surface area contributed by atoms with Gasteiger partial charge in [0.25, 0.3) is 0 Å². The summed E-state index contributed by atoms with van der Waals surface area (Å²) in [6.07, 6.45) is 0. The van der Waals surface area contributed by atoms with Crippen LogP contribution in [0.1, 0.15) is 47.2 Å². The molecule has 1 aliphatic heterocycles. The third-order valence-electron chi connectivity index (χ3n) is 12.0. The van der Waals surface area contributed by atoms with Gasteiger partial charge in [-0.3, -0.25) is 0 Å². The Kier molecular flexibility index (Phi) is 6.81. The molecule has 11 rings (SSSR count). The second kappa shape index (κ2) is 11.8. The molecule has 0 saturated heterocycles. The zero-order valence-corrected chi connectivity index (χ0v) is 30.7. The molecular formula is C52H37NO2. The van der Waals surface area contributed by atoms with Crippen LogP contribution in [0.3, 0.4) is 0 Å². The van der Waals surface area contributed by atoms with E-state index in [1.165, 1.54) is 38.9 Å². The molecule has 0 N–H and O–H groups in total. The molecule has 262 valence electrons. The van der Waals surface area contributed by atoms with Crippen LogP contribution in [0, 0.1) is 0 Å². The first-order valence-electron chi connectivity index (χ1n) is 19.0. The van der Waals surface area contributed by atoms with Crippen molar-refractivity contribution < 1.29 is 9.15 Å². The third kappa shape index (κ3) is 4.56. The Morgan fingerprint density at radius 1 is 0.400 bits per heavy atom. The molecule has 1 aromatic heterocycles. The lowest BCUT2D eigenvalue weighted by atomic mass is 9.67. The van der Waals surface area contributed by atoms with Crippen LogP contribution >= 0.6 is 0 Å². The Labute approximate surface area is 320 Å². The molecule has 9 aromatic rings. The number of para-hydroxylation sites is 2. The summed E-state index contributed by atoms with van der Waals surface area (Å²) in [5.41, 5.74) is 14.1. The maximum Gasteiger partial charge on any atom is 0.135 e. The van der Waals surface area contributed by atoms with E-state index in [9.17, 15) is 0 Å². The van der Waals surface area contributed by atoms with Gasteiger partial charge >= 0.3 is 0 Å². The molecule has 0 saturated carbocycles. The number of hydrogen-bond acceptors (Lipinski definition) is 3. The fraction of sp³-hybridized carbons (Fsp3) is 0.0769. The van der Waals surface area contributed by atoms with Crippen molar-refractivity contribution in [3.8, 4) is 22.6 Å². The van der Waals surface area contributed by atoms with Crippen LogP contribution in [0.15, 0.2) is 192 Å². The van der Waals surface area contributed by atoms with Crippen molar-refractivity contribution in [3.05, 3.63) is 221 Å². The summed E-state index contributed by atoms with van der Waals surface area (Å²) in [5, 5.41) is 2.19. The van der Waals surface area contributed by atoms with Crippen LogP contribution in [-0.4, -0.2) is 0 Å². The van der Waals surface area contributed by atoms with E-state index in [4.69, 9.17) is 9.15 Å². The van der Waals surface area contributed by atoms with E-state index >= 15 is 0 Å². The molecule has 0 amide bonds. The molecule has 0 atom stereocenters. The number of fused-ring (bicyclic) bond motifs is 8. The molecule has 0 radical (unpaired) electrons. The first-order chi connectivity index (χ1) is 27.0. The lowest BCUT2D eigenvalue weighted by molar-refractivity contribution is 0.418. The number of hydrogen-bond donors (Lipinski definition) is 0. The summed E-state index contributed by atoms with van der Waals surface area (Å²) in [6.45, 7) is 4.59. The minimum absolute atomic E-state index is 0.271. The van der Waals surface area contributed by atoms with E-state index in [0.29, 0.717) is 0 Å². The van der Waals surface area contributed by atoms with E-state index < -0.39 is 5.41 Å². The first-order valence-corrected chi connectivity index (χ1v) is 19.0. The maximum absolute atomic E-state index is 6.54. The van der Waals surface area contributed by atoms with E-state index in [1.54, 1.807) is 0 Å².